The van der Waals surface area contributed by atoms with Gasteiger partial charge in [0, 0.05) is 27.6 Å². The molecule has 2 rings (SSSR count). The van der Waals surface area contributed by atoms with E-state index in [-0.39, 0.29) is 12.0 Å². The molecule has 0 fully saturated rings. The van der Waals surface area contributed by atoms with E-state index in [4.69, 9.17) is 11.6 Å². The average Bonchev–Trinajstić information content (AvgIpc) is 2.56. The molecule has 0 radical (unpaired) electrons. The highest BCUT2D eigenvalue weighted by molar-refractivity contribution is 7.98. The highest BCUT2D eigenvalue weighted by atomic mass is 35.5. The third kappa shape index (κ3) is 4.87. The predicted octanol–water partition coefficient (Wildman–Crippen LogP) is 3.07. The Morgan fingerprint density at radius 2 is 2.08 bits per heavy atom. The molecule has 0 aliphatic heterocycles. The lowest BCUT2D eigenvalue weighted by Crippen LogP contribution is -2.20. The number of benzene rings is 2. The quantitative estimate of drug-likeness (QED) is 0.299. The van der Waals surface area contributed by atoms with Crippen molar-refractivity contribution in [1.82, 2.24) is 5.43 Å². The summed E-state index contributed by atoms with van der Waals surface area (Å²) in [5.41, 5.74) is 2.40. The van der Waals surface area contributed by atoms with Gasteiger partial charge in [-0.05, 0) is 30.0 Å². The summed E-state index contributed by atoms with van der Waals surface area (Å²) >= 11 is 7.42. The smallest absolute Gasteiger partial charge is 0.311 e. The van der Waals surface area contributed by atoms with Crippen LogP contribution in [-0.4, -0.2) is 33.5 Å². The van der Waals surface area contributed by atoms with Gasteiger partial charge in [-0.25, -0.2) is 5.43 Å². The number of nitrogens with zero attached hydrogens (tertiary/aromatic N) is 2. The van der Waals surface area contributed by atoms with Gasteiger partial charge in [-0.2, -0.15) is 5.10 Å². The van der Waals surface area contributed by atoms with E-state index < -0.39 is 28.0 Å². The van der Waals surface area contributed by atoms with Gasteiger partial charge in [0.1, 0.15) is 5.75 Å². The number of hydrogen-bond acceptors (Lipinski definition) is 7. The number of amides is 1. The molecule has 0 heterocycles. The molecule has 10 heteroatoms. The molecule has 0 unspecified atom stereocenters. The Hall–Kier alpha value is -2.78. The number of aromatic hydroxyl groups is 2. The Morgan fingerprint density at radius 3 is 2.73 bits per heavy atom. The largest absolute Gasteiger partial charge is 0.507 e. The number of halogens is 1. The molecule has 8 nitrogen and oxygen atoms in total. The van der Waals surface area contributed by atoms with Crippen LogP contribution < -0.4 is 5.43 Å². The Balaban J connectivity index is 2.09. The normalized spacial score (nSPS) is 10.8. The van der Waals surface area contributed by atoms with Crippen LogP contribution in [-0.2, 0) is 11.2 Å². The number of phenols is 2. The van der Waals surface area contributed by atoms with E-state index in [1.807, 2.05) is 12.3 Å². The lowest BCUT2D eigenvalue weighted by Gasteiger charge is -2.07. The van der Waals surface area contributed by atoms with E-state index >= 15 is 0 Å². The second kappa shape index (κ2) is 8.54. The molecule has 0 aliphatic carbocycles. The topological polar surface area (TPSA) is 125 Å². The minimum Gasteiger partial charge on any atom is -0.507 e. The second-order valence-electron chi connectivity index (χ2n) is 5.08. The SMILES string of the molecule is CSc1ccc(Cl)cc1CC(=O)N/N=C\c1cc([N+](=O)[O-])c(O)cc1O. The molecule has 0 spiro atoms. The van der Waals surface area contributed by atoms with Crippen molar-refractivity contribution in [2.75, 3.05) is 6.26 Å². The van der Waals surface area contributed by atoms with E-state index in [0.29, 0.717) is 5.02 Å². The van der Waals surface area contributed by atoms with Crippen LogP contribution in [0.5, 0.6) is 11.5 Å². The number of rotatable bonds is 6. The number of nitrogens with one attached hydrogen (secondary N) is 1. The molecule has 1 amide bonds. The molecule has 0 aromatic heterocycles. The zero-order valence-corrected chi connectivity index (χ0v) is 15.0. The molecule has 0 saturated heterocycles. The molecular formula is C16H14ClN3O5S. The summed E-state index contributed by atoms with van der Waals surface area (Å²) in [5, 5.41) is 34.1. The van der Waals surface area contributed by atoms with Crippen LogP contribution >= 0.6 is 23.4 Å². The number of phenolic OH excluding ortho intramolecular Hbond substituents is 2. The van der Waals surface area contributed by atoms with Crippen molar-refractivity contribution >= 4 is 41.2 Å². The zero-order valence-electron chi connectivity index (χ0n) is 13.5. The summed E-state index contributed by atoms with van der Waals surface area (Å²) in [6.45, 7) is 0. The molecule has 0 atom stereocenters. The number of thioether (sulfide) groups is 1. The summed E-state index contributed by atoms with van der Waals surface area (Å²) in [5.74, 6) is -1.50. The predicted molar refractivity (Wildman–Crippen MR) is 99.1 cm³/mol. The van der Waals surface area contributed by atoms with E-state index in [2.05, 4.69) is 10.5 Å². The van der Waals surface area contributed by atoms with Crippen LogP contribution in [0.15, 0.2) is 40.3 Å². The highest BCUT2D eigenvalue weighted by Gasteiger charge is 2.16. The summed E-state index contributed by atoms with van der Waals surface area (Å²) in [6.07, 6.45) is 2.96. The number of carbonyl (C=O) groups excluding carboxylic acids is 1. The fourth-order valence-electron chi connectivity index (χ4n) is 2.10. The Morgan fingerprint density at radius 1 is 1.35 bits per heavy atom. The lowest BCUT2D eigenvalue weighted by atomic mass is 10.1. The Kier molecular flexibility index (Phi) is 6.42. The van der Waals surface area contributed by atoms with Crippen LogP contribution in [0.3, 0.4) is 0 Å². The van der Waals surface area contributed by atoms with E-state index in [0.717, 1.165) is 28.8 Å². The number of nitro groups is 1. The van der Waals surface area contributed by atoms with Gasteiger partial charge in [0.2, 0.25) is 5.91 Å². The first kappa shape index (κ1) is 19.5. The summed E-state index contributed by atoms with van der Waals surface area (Å²) in [7, 11) is 0. The van der Waals surface area contributed by atoms with Crippen LogP contribution in [0.1, 0.15) is 11.1 Å². The molecule has 2 aromatic rings. The number of hydrogen-bond donors (Lipinski definition) is 3. The van der Waals surface area contributed by atoms with Crippen LogP contribution in [0.4, 0.5) is 5.69 Å². The van der Waals surface area contributed by atoms with Crippen molar-refractivity contribution in [2.24, 2.45) is 5.10 Å². The van der Waals surface area contributed by atoms with Crippen molar-refractivity contribution in [3.63, 3.8) is 0 Å². The first-order valence-electron chi connectivity index (χ1n) is 7.16. The third-order valence-electron chi connectivity index (χ3n) is 3.31. The number of nitro benzene ring substituents is 1. The molecule has 0 bridgehead atoms. The van der Waals surface area contributed by atoms with Gasteiger partial charge in [-0.3, -0.25) is 14.9 Å². The fraction of sp³-hybridized carbons (Fsp3) is 0.125. The molecule has 26 heavy (non-hydrogen) atoms. The molecule has 2 aromatic carbocycles. The third-order valence-corrected chi connectivity index (χ3v) is 4.38. The van der Waals surface area contributed by atoms with Gasteiger partial charge < -0.3 is 10.2 Å². The van der Waals surface area contributed by atoms with E-state index in [1.54, 1.807) is 12.1 Å². The van der Waals surface area contributed by atoms with Gasteiger partial charge in [-0.1, -0.05) is 11.6 Å². The lowest BCUT2D eigenvalue weighted by molar-refractivity contribution is -0.385. The van der Waals surface area contributed by atoms with Crippen molar-refractivity contribution in [2.45, 2.75) is 11.3 Å². The molecule has 0 saturated carbocycles. The maximum atomic E-state index is 12.0. The fourth-order valence-corrected chi connectivity index (χ4v) is 2.90. The average molecular weight is 396 g/mol. The maximum absolute atomic E-state index is 12.0. The zero-order chi connectivity index (χ0) is 19.3. The van der Waals surface area contributed by atoms with Crippen LogP contribution in [0, 0.1) is 10.1 Å². The molecule has 136 valence electrons. The minimum atomic E-state index is -0.798. The van der Waals surface area contributed by atoms with Crippen molar-refractivity contribution < 1.29 is 19.9 Å². The van der Waals surface area contributed by atoms with Gasteiger partial charge in [0.25, 0.3) is 0 Å². The van der Waals surface area contributed by atoms with E-state index in [9.17, 15) is 25.1 Å². The van der Waals surface area contributed by atoms with Crippen LogP contribution in [0.25, 0.3) is 0 Å². The summed E-state index contributed by atoms with van der Waals surface area (Å²) < 4.78 is 0. The summed E-state index contributed by atoms with van der Waals surface area (Å²) in [6, 6.07) is 7.01. The van der Waals surface area contributed by atoms with Gasteiger partial charge in [0.05, 0.1) is 17.6 Å². The standard InChI is InChI=1S/C16H14ClN3O5S/c1-26-15-3-2-11(17)4-9(15)6-16(23)19-18-8-10-5-12(20(24)25)14(22)7-13(10)21/h2-5,7-8,21-22H,6H2,1H3,(H,19,23)/b18-8-. The van der Waals surface area contributed by atoms with E-state index in [1.165, 1.54) is 11.8 Å². The maximum Gasteiger partial charge on any atom is 0.311 e. The first-order valence-corrected chi connectivity index (χ1v) is 8.76. The van der Waals surface area contributed by atoms with Crippen LogP contribution in [0.2, 0.25) is 5.02 Å². The van der Waals surface area contributed by atoms with Gasteiger partial charge in [-0.15, -0.1) is 11.8 Å². The van der Waals surface area contributed by atoms with Crippen molar-refractivity contribution in [3.8, 4) is 11.5 Å². The Bertz CT molecular complexity index is 888. The minimum absolute atomic E-state index is 0.0256. The second-order valence-corrected chi connectivity index (χ2v) is 6.37. The first-order chi connectivity index (χ1) is 12.3. The number of hydrazone groups is 1. The number of carbonyl (C=O) groups is 1. The molecule has 3 N–H and O–H groups in total. The van der Waals surface area contributed by atoms with Crippen molar-refractivity contribution in [1.29, 1.82) is 0 Å². The molecule has 0 aliphatic rings. The summed E-state index contributed by atoms with van der Waals surface area (Å²) in [4.78, 5) is 22.9. The molecular weight excluding hydrogens is 382 g/mol. The van der Waals surface area contributed by atoms with Gasteiger partial charge >= 0.3 is 5.69 Å². The van der Waals surface area contributed by atoms with Crippen molar-refractivity contribution in [3.05, 3.63) is 56.6 Å². The highest BCUT2D eigenvalue weighted by Crippen LogP contribution is 2.32. The Labute approximate surface area is 157 Å². The van der Waals surface area contributed by atoms with Gasteiger partial charge in [0.15, 0.2) is 5.75 Å². The monoisotopic (exact) mass is 395 g/mol.